The Labute approximate surface area is 124 Å². The zero-order valence-corrected chi connectivity index (χ0v) is 12.2. The summed E-state index contributed by atoms with van der Waals surface area (Å²) in [6, 6.07) is 9.37. The number of pyridine rings is 1. The fourth-order valence-electron chi connectivity index (χ4n) is 1.80. The molecule has 0 radical (unpaired) electrons. The summed E-state index contributed by atoms with van der Waals surface area (Å²) >= 11 is 0. The quantitative estimate of drug-likeness (QED) is 0.898. The molecule has 1 unspecified atom stereocenters. The molecule has 0 bridgehead atoms. The second kappa shape index (κ2) is 10.00. The van der Waals surface area contributed by atoms with Crippen molar-refractivity contribution in [3.05, 3.63) is 66.0 Å². The van der Waals surface area contributed by atoms with E-state index in [-0.39, 0.29) is 17.7 Å². The van der Waals surface area contributed by atoms with Crippen molar-refractivity contribution in [2.45, 2.75) is 38.7 Å². The lowest BCUT2D eigenvalue weighted by Gasteiger charge is -2.08. The molecule has 1 atom stereocenters. The maximum Gasteiger partial charge on any atom is 0.141 e. The van der Waals surface area contributed by atoms with Crippen molar-refractivity contribution < 1.29 is 13.9 Å². The first-order valence-electron chi connectivity index (χ1n) is 7.10. The molecule has 0 aliphatic heterocycles. The van der Waals surface area contributed by atoms with Crippen LogP contribution in [0.3, 0.4) is 0 Å². The highest BCUT2D eigenvalue weighted by Crippen LogP contribution is 2.09. The van der Waals surface area contributed by atoms with Gasteiger partial charge in [0.05, 0.1) is 12.3 Å². The van der Waals surface area contributed by atoms with Crippen LogP contribution in [0.5, 0.6) is 0 Å². The first-order valence-corrected chi connectivity index (χ1v) is 7.10. The molecule has 1 N–H and O–H groups in total. The van der Waals surface area contributed by atoms with Crippen molar-refractivity contribution >= 4 is 0 Å². The second-order valence-electron chi connectivity index (χ2n) is 4.78. The molecule has 2 aromatic rings. The largest absolute Gasteiger partial charge is 0.393 e. The number of aryl methyl sites for hydroxylation is 1. The van der Waals surface area contributed by atoms with E-state index >= 15 is 0 Å². The number of halogens is 2. The summed E-state index contributed by atoms with van der Waals surface area (Å²) in [7, 11) is 0. The lowest BCUT2D eigenvalue weighted by Crippen LogP contribution is -2.06. The third kappa shape index (κ3) is 8.15. The molecule has 114 valence electrons. The molecule has 0 spiro atoms. The summed E-state index contributed by atoms with van der Waals surface area (Å²) in [6.07, 6.45) is 5.92. The maximum atomic E-state index is 12.6. The first-order chi connectivity index (χ1) is 10.1. The van der Waals surface area contributed by atoms with Crippen LogP contribution in [0.2, 0.25) is 0 Å². The van der Waals surface area contributed by atoms with E-state index in [2.05, 4.69) is 11.9 Å². The number of hydrogen-bond acceptors (Lipinski definition) is 2. The predicted octanol–water partition coefficient (Wildman–Crippen LogP) is 4.14. The van der Waals surface area contributed by atoms with Gasteiger partial charge in [-0.15, -0.1) is 0 Å². The Morgan fingerprint density at radius 2 is 1.76 bits per heavy atom. The average molecular weight is 293 g/mol. The van der Waals surface area contributed by atoms with E-state index in [1.807, 2.05) is 0 Å². The first kappa shape index (κ1) is 17.2. The molecular weight excluding hydrogens is 272 g/mol. The number of aliphatic hydroxyl groups excluding tert-OH is 1. The molecule has 0 aliphatic carbocycles. The minimum atomic E-state index is -0.289. The van der Waals surface area contributed by atoms with Gasteiger partial charge in [0, 0.05) is 6.20 Å². The predicted molar refractivity (Wildman–Crippen MR) is 79.8 cm³/mol. The molecular formula is C17H21F2NO. The highest BCUT2D eigenvalue weighted by atomic mass is 19.1. The van der Waals surface area contributed by atoms with Crippen LogP contribution in [-0.2, 0) is 6.42 Å². The summed E-state index contributed by atoms with van der Waals surface area (Å²) in [4.78, 5) is 3.51. The van der Waals surface area contributed by atoms with Crippen molar-refractivity contribution in [2.24, 2.45) is 0 Å². The second-order valence-corrected chi connectivity index (χ2v) is 4.78. The standard InChI is InChI=1S/C12H17FO.C5H4FN/c1-2-3-12(14)9-6-10-4-7-11(13)8-5-10;6-5-2-1-3-7-4-5/h4-5,7-8,12,14H,2-3,6,9H2,1H3;1-4H. The highest BCUT2D eigenvalue weighted by molar-refractivity contribution is 5.16. The van der Waals surface area contributed by atoms with Crippen LogP contribution < -0.4 is 0 Å². The van der Waals surface area contributed by atoms with Crippen LogP contribution in [0.4, 0.5) is 8.78 Å². The van der Waals surface area contributed by atoms with E-state index in [1.165, 1.54) is 30.6 Å². The van der Waals surface area contributed by atoms with Crippen LogP contribution >= 0.6 is 0 Å². The highest BCUT2D eigenvalue weighted by Gasteiger charge is 2.02. The molecule has 21 heavy (non-hydrogen) atoms. The maximum absolute atomic E-state index is 12.6. The van der Waals surface area contributed by atoms with E-state index < -0.39 is 0 Å². The molecule has 0 aliphatic rings. The van der Waals surface area contributed by atoms with Crippen molar-refractivity contribution in [1.82, 2.24) is 4.98 Å². The van der Waals surface area contributed by atoms with Gasteiger partial charge in [-0.05, 0) is 49.1 Å². The van der Waals surface area contributed by atoms with Gasteiger partial charge in [-0.1, -0.05) is 25.5 Å². The zero-order valence-electron chi connectivity index (χ0n) is 12.2. The van der Waals surface area contributed by atoms with Gasteiger partial charge in [0.1, 0.15) is 11.6 Å². The average Bonchev–Trinajstić information content (AvgIpc) is 2.48. The molecule has 1 aromatic carbocycles. The molecule has 0 saturated heterocycles. The van der Waals surface area contributed by atoms with Gasteiger partial charge < -0.3 is 5.11 Å². The molecule has 2 nitrogen and oxygen atoms in total. The molecule has 1 heterocycles. The molecule has 1 aromatic heterocycles. The van der Waals surface area contributed by atoms with Crippen LogP contribution in [0.25, 0.3) is 0 Å². The molecule has 0 saturated carbocycles. The lowest BCUT2D eigenvalue weighted by atomic mass is 10.0. The Bertz CT molecular complexity index is 488. The van der Waals surface area contributed by atoms with Gasteiger partial charge >= 0.3 is 0 Å². The monoisotopic (exact) mass is 293 g/mol. The van der Waals surface area contributed by atoms with Gasteiger partial charge in [0.25, 0.3) is 0 Å². The van der Waals surface area contributed by atoms with Crippen LogP contribution in [0.1, 0.15) is 31.7 Å². The van der Waals surface area contributed by atoms with E-state index in [0.717, 1.165) is 31.2 Å². The number of hydrogen-bond donors (Lipinski definition) is 1. The summed E-state index contributed by atoms with van der Waals surface area (Å²) in [6.45, 7) is 2.06. The normalized spacial score (nSPS) is 11.4. The fourth-order valence-corrected chi connectivity index (χ4v) is 1.80. The Kier molecular flexibility index (Phi) is 8.21. The van der Waals surface area contributed by atoms with E-state index in [9.17, 15) is 13.9 Å². The number of rotatable bonds is 5. The van der Waals surface area contributed by atoms with Gasteiger partial charge in [0.2, 0.25) is 0 Å². The minimum Gasteiger partial charge on any atom is -0.393 e. The third-order valence-corrected chi connectivity index (χ3v) is 2.93. The minimum absolute atomic E-state index is 0.206. The Morgan fingerprint density at radius 1 is 1.05 bits per heavy atom. The molecule has 0 fully saturated rings. The van der Waals surface area contributed by atoms with E-state index in [1.54, 1.807) is 18.2 Å². The van der Waals surface area contributed by atoms with Gasteiger partial charge in [0.15, 0.2) is 0 Å². The van der Waals surface area contributed by atoms with Crippen LogP contribution in [0.15, 0.2) is 48.8 Å². The van der Waals surface area contributed by atoms with Crippen LogP contribution in [-0.4, -0.2) is 16.2 Å². The van der Waals surface area contributed by atoms with Crippen molar-refractivity contribution in [3.63, 3.8) is 0 Å². The number of aromatic nitrogens is 1. The SMILES string of the molecule is CCCC(O)CCc1ccc(F)cc1.Fc1cccnc1. The number of aliphatic hydroxyl groups is 1. The van der Waals surface area contributed by atoms with Gasteiger partial charge in [-0.25, -0.2) is 8.78 Å². The summed E-state index contributed by atoms with van der Waals surface area (Å²) in [5.74, 6) is -0.495. The van der Waals surface area contributed by atoms with E-state index in [0.29, 0.717) is 0 Å². The van der Waals surface area contributed by atoms with Crippen molar-refractivity contribution in [2.75, 3.05) is 0 Å². The topological polar surface area (TPSA) is 33.1 Å². The third-order valence-electron chi connectivity index (χ3n) is 2.93. The fraction of sp³-hybridized carbons (Fsp3) is 0.353. The van der Waals surface area contributed by atoms with Gasteiger partial charge in [-0.2, -0.15) is 0 Å². The Balaban J connectivity index is 0.000000262. The van der Waals surface area contributed by atoms with Gasteiger partial charge in [-0.3, -0.25) is 4.98 Å². The molecule has 0 amide bonds. The Morgan fingerprint density at radius 3 is 2.24 bits per heavy atom. The van der Waals surface area contributed by atoms with E-state index in [4.69, 9.17) is 0 Å². The van der Waals surface area contributed by atoms with Crippen LogP contribution in [0, 0.1) is 11.6 Å². The summed E-state index contributed by atoms with van der Waals surface area (Å²) in [5.41, 5.74) is 1.08. The number of nitrogens with zero attached hydrogens (tertiary/aromatic N) is 1. The Hall–Kier alpha value is -1.81. The number of benzene rings is 1. The lowest BCUT2D eigenvalue weighted by molar-refractivity contribution is 0.154. The molecule has 2 rings (SSSR count). The van der Waals surface area contributed by atoms with Crippen molar-refractivity contribution in [1.29, 1.82) is 0 Å². The molecule has 4 heteroatoms. The zero-order chi connectivity index (χ0) is 15.5. The van der Waals surface area contributed by atoms with Crippen molar-refractivity contribution in [3.8, 4) is 0 Å². The summed E-state index contributed by atoms with van der Waals surface area (Å²) < 4.78 is 24.4. The smallest absolute Gasteiger partial charge is 0.141 e. The summed E-state index contributed by atoms with van der Waals surface area (Å²) in [5, 5.41) is 9.49.